The van der Waals surface area contributed by atoms with Crippen LogP contribution in [0.4, 0.5) is 11.6 Å². The Labute approximate surface area is 162 Å². The van der Waals surface area contributed by atoms with Gasteiger partial charge in [-0.3, -0.25) is 5.32 Å². The summed E-state index contributed by atoms with van der Waals surface area (Å²) in [4.78, 5) is 4.21. The SMILES string of the molecule is CCOc1ccc(NC(=S)Nc2ncn(Cc3ccccc3Cl)n2)cc1. The second-order valence-corrected chi connectivity index (χ2v) is 6.21. The molecule has 134 valence electrons. The predicted octanol–water partition coefficient (Wildman–Crippen LogP) is 4.19. The molecule has 1 aromatic heterocycles. The van der Waals surface area contributed by atoms with Gasteiger partial charge in [0.2, 0.25) is 5.95 Å². The monoisotopic (exact) mass is 387 g/mol. The van der Waals surface area contributed by atoms with Gasteiger partial charge in [0, 0.05) is 10.7 Å². The minimum absolute atomic E-state index is 0.407. The summed E-state index contributed by atoms with van der Waals surface area (Å²) in [5.74, 6) is 1.23. The van der Waals surface area contributed by atoms with Crippen LogP contribution in [0.1, 0.15) is 12.5 Å². The molecule has 0 bridgehead atoms. The van der Waals surface area contributed by atoms with Crippen molar-refractivity contribution in [1.29, 1.82) is 0 Å². The van der Waals surface area contributed by atoms with E-state index in [1.807, 2.05) is 55.5 Å². The predicted molar refractivity (Wildman–Crippen MR) is 108 cm³/mol. The van der Waals surface area contributed by atoms with E-state index in [9.17, 15) is 0 Å². The van der Waals surface area contributed by atoms with Gasteiger partial charge in [0.05, 0.1) is 13.2 Å². The van der Waals surface area contributed by atoms with E-state index < -0.39 is 0 Å². The van der Waals surface area contributed by atoms with E-state index in [1.165, 1.54) is 0 Å². The number of nitrogens with zero attached hydrogens (tertiary/aromatic N) is 3. The van der Waals surface area contributed by atoms with Crippen LogP contribution in [0.5, 0.6) is 5.75 Å². The maximum atomic E-state index is 6.17. The normalized spacial score (nSPS) is 10.4. The fourth-order valence-electron chi connectivity index (χ4n) is 2.29. The average Bonchev–Trinajstić information content (AvgIpc) is 3.06. The molecule has 0 atom stereocenters. The van der Waals surface area contributed by atoms with Crippen molar-refractivity contribution in [2.75, 3.05) is 17.2 Å². The molecule has 3 aromatic rings. The van der Waals surface area contributed by atoms with Gasteiger partial charge in [0.1, 0.15) is 12.1 Å². The van der Waals surface area contributed by atoms with Crippen LogP contribution in [-0.2, 0) is 6.54 Å². The van der Waals surface area contributed by atoms with E-state index in [1.54, 1.807) is 11.0 Å². The van der Waals surface area contributed by atoms with E-state index >= 15 is 0 Å². The van der Waals surface area contributed by atoms with Crippen LogP contribution < -0.4 is 15.4 Å². The lowest BCUT2D eigenvalue weighted by atomic mass is 10.2. The number of benzene rings is 2. The first-order chi connectivity index (χ1) is 12.6. The first kappa shape index (κ1) is 18.2. The summed E-state index contributed by atoms with van der Waals surface area (Å²) < 4.78 is 7.11. The third kappa shape index (κ3) is 4.93. The zero-order valence-electron chi connectivity index (χ0n) is 14.1. The Morgan fingerprint density at radius 1 is 1.15 bits per heavy atom. The van der Waals surface area contributed by atoms with Crippen LogP contribution in [0.25, 0.3) is 0 Å². The molecule has 3 rings (SSSR count). The lowest BCUT2D eigenvalue weighted by molar-refractivity contribution is 0.340. The largest absolute Gasteiger partial charge is 0.494 e. The molecule has 2 aromatic carbocycles. The molecule has 1 heterocycles. The standard InChI is InChI=1S/C18H18ClN5OS/c1-2-25-15-9-7-14(8-10-15)21-18(26)22-17-20-12-24(23-17)11-13-5-3-4-6-16(13)19/h3-10,12H,2,11H2,1H3,(H2,21,22,23,26). The van der Waals surface area contributed by atoms with Gasteiger partial charge in [-0.25, -0.2) is 9.67 Å². The number of anilines is 2. The summed E-state index contributed by atoms with van der Waals surface area (Å²) in [6, 6.07) is 15.2. The average molecular weight is 388 g/mol. The molecule has 2 N–H and O–H groups in total. The molecule has 0 radical (unpaired) electrons. The van der Waals surface area contributed by atoms with Crippen molar-refractivity contribution in [3.63, 3.8) is 0 Å². The molecule has 6 nitrogen and oxygen atoms in total. The summed E-state index contributed by atoms with van der Waals surface area (Å²) in [7, 11) is 0. The number of rotatable bonds is 6. The van der Waals surface area contributed by atoms with Crippen molar-refractivity contribution < 1.29 is 4.74 Å². The lowest BCUT2D eigenvalue weighted by Crippen LogP contribution is -2.20. The Balaban J connectivity index is 1.56. The third-order valence-electron chi connectivity index (χ3n) is 3.48. The van der Waals surface area contributed by atoms with Crippen LogP contribution in [0, 0.1) is 0 Å². The molecule has 0 fully saturated rings. The number of halogens is 1. The molecule has 0 spiro atoms. The van der Waals surface area contributed by atoms with Crippen molar-refractivity contribution in [1.82, 2.24) is 14.8 Å². The quantitative estimate of drug-likeness (QED) is 0.618. The molecule has 0 aliphatic heterocycles. The van der Waals surface area contributed by atoms with Crippen molar-refractivity contribution in [2.24, 2.45) is 0 Å². The first-order valence-electron chi connectivity index (χ1n) is 8.08. The number of nitrogens with one attached hydrogen (secondary N) is 2. The maximum absolute atomic E-state index is 6.17. The van der Waals surface area contributed by atoms with E-state index in [0.717, 1.165) is 17.0 Å². The Kier molecular flexibility index (Phi) is 6.04. The van der Waals surface area contributed by atoms with Crippen molar-refractivity contribution in [3.05, 3.63) is 65.4 Å². The molecule has 0 aliphatic rings. The van der Waals surface area contributed by atoms with Crippen LogP contribution in [0.3, 0.4) is 0 Å². The minimum atomic E-state index is 0.407. The zero-order chi connectivity index (χ0) is 18.4. The molecular weight excluding hydrogens is 370 g/mol. The van der Waals surface area contributed by atoms with E-state index in [0.29, 0.717) is 29.2 Å². The summed E-state index contributed by atoms with van der Waals surface area (Å²) in [5.41, 5.74) is 1.82. The van der Waals surface area contributed by atoms with E-state index in [-0.39, 0.29) is 0 Å². The highest BCUT2D eigenvalue weighted by Gasteiger charge is 2.06. The second-order valence-electron chi connectivity index (χ2n) is 5.39. The first-order valence-corrected chi connectivity index (χ1v) is 8.86. The van der Waals surface area contributed by atoms with Gasteiger partial charge in [0.15, 0.2) is 5.11 Å². The number of ether oxygens (including phenoxy) is 1. The molecule has 8 heteroatoms. The van der Waals surface area contributed by atoms with Gasteiger partial charge in [-0.05, 0) is 55.0 Å². The Morgan fingerprint density at radius 2 is 1.92 bits per heavy atom. The van der Waals surface area contributed by atoms with Gasteiger partial charge in [-0.1, -0.05) is 29.8 Å². The zero-order valence-corrected chi connectivity index (χ0v) is 15.7. The minimum Gasteiger partial charge on any atom is -0.494 e. The topological polar surface area (TPSA) is 64.0 Å². The number of hydrogen-bond acceptors (Lipinski definition) is 4. The second kappa shape index (κ2) is 8.64. The van der Waals surface area contributed by atoms with Crippen LogP contribution in [0.2, 0.25) is 5.02 Å². The summed E-state index contributed by atoms with van der Waals surface area (Å²) in [5, 5.41) is 11.5. The maximum Gasteiger partial charge on any atom is 0.248 e. The molecular formula is C18H18ClN5OS. The number of thiocarbonyl (C=S) groups is 1. The molecule has 26 heavy (non-hydrogen) atoms. The van der Waals surface area contributed by atoms with E-state index in [4.69, 9.17) is 28.6 Å². The van der Waals surface area contributed by atoms with Gasteiger partial charge in [-0.2, -0.15) is 0 Å². The van der Waals surface area contributed by atoms with Gasteiger partial charge in [0.25, 0.3) is 0 Å². The molecule has 0 unspecified atom stereocenters. The highest BCUT2D eigenvalue weighted by atomic mass is 35.5. The fraction of sp³-hybridized carbons (Fsp3) is 0.167. The van der Waals surface area contributed by atoms with Crippen LogP contribution >= 0.6 is 23.8 Å². The molecule has 0 amide bonds. The Bertz CT molecular complexity index is 881. The fourth-order valence-corrected chi connectivity index (χ4v) is 2.70. The van der Waals surface area contributed by atoms with E-state index in [2.05, 4.69) is 20.7 Å². The van der Waals surface area contributed by atoms with Gasteiger partial charge in [-0.15, -0.1) is 5.10 Å². The lowest BCUT2D eigenvalue weighted by Gasteiger charge is -2.09. The highest BCUT2D eigenvalue weighted by molar-refractivity contribution is 7.80. The smallest absolute Gasteiger partial charge is 0.248 e. The van der Waals surface area contributed by atoms with Crippen LogP contribution in [0.15, 0.2) is 54.9 Å². The Hall–Kier alpha value is -2.64. The molecule has 0 saturated heterocycles. The molecule has 0 saturated carbocycles. The number of aromatic nitrogens is 3. The van der Waals surface area contributed by atoms with Crippen molar-refractivity contribution in [3.8, 4) is 5.75 Å². The van der Waals surface area contributed by atoms with Crippen molar-refractivity contribution >= 4 is 40.6 Å². The van der Waals surface area contributed by atoms with Gasteiger partial charge >= 0.3 is 0 Å². The van der Waals surface area contributed by atoms with Crippen LogP contribution in [-0.4, -0.2) is 26.5 Å². The Morgan fingerprint density at radius 3 is 2.65 bits per heavy atom. The molecule has 0 aliphatic carbocycles. The summed E-state index contributed by atoms with van der Waals surface area (Å²) in [6.45, 7) is 3.12. The highest BCUT2D eigenvalue weighted by Crippen LogP contribution is 2.17. The van der Waals surface area contributed by atoms with Crippen molar-refractivity contribution in [2.45, 2.75) is 13.5 Å². The summed E-state index contributed by atoms with van der Waals surface area (Å²) in [6.07, 6.45) is 1.63. The number of hydrogen-bond donors (Lipinski definition) is 2. The summed E-state index contributed by atoms with van der Waals surface area (Å²) >= 11 is 11.5. The third-order valence-corrected chi connectivity index (χ3v) is 4.05. The van der Waals surface area contributed by atoms with Gasteiger partial charge < -0.3 is 10.1 Å².